The summed E-state index contributed by atoms with van der Waals surface area (Å²) in [6.07, 6.45) is 2.73. The van der Waals surface area contributed by atoms with Crippen LogP contribution in [0.25, 0.3) is 0 Å². The molecule has 0 spiro atoms. The first-order chi connectivity index (χ1) is 9.19. The number of alkyl halides is 1. The van der Waals surface area contributed by atoms with Crippen molar-refractivity contribution in [3.05, 3.63) is 53.5 Å². The molecule has 0 N–H and O–H groups in total. The topological polar surface area (TPSA) is 29.0 Å². The van der Waals surface area contributed by atoms with Crippen LogP contribution in [0, 0.1) is 6.92 Å². The van der Waals surface area contributed by atoms with Gasteiger partial charge >= 0.3 is 0 Å². The molecule has 0 saturated carbocycles. The zero-order chi connectivity index (χ0) is 13.7. The van der Waals surface area contributed by atoms with Crippen LogP contribution in [0.5, 0.6) is 0 Å². The van der Waals surface area contributed by atoms with E-state index in [4.69, 9.17) is 11.6 Å². The Balaban J connectivity index is 2.03. The summed E-state index contributed by atoms with van der Waals surface area (Å²) in [5, 5.41) is 0. The number of aryl methyl sites for hydroxylation is 1. The van der Waals surface area contributed by atoms with Crippen molar-refractivity contribution in [1.29, 1.82) is 0 Å². The summed E-state index contributed by atoms with van der Waals surface area (Å²) >= 11 is 5.89. The molecule has 0 fully saturated rings. The van der Waals surface area contributed by atoms with Crippen molar-refractivity contribution in [3.8, 4) is 0 Å². The molecule has 100 valence electrons. The average molecular weight is 276 g/mol. The summed E-state index contributed by atoms with van der Waals surface area (Å²) in [7, 11) is 2.04. The quantitative estimate of drug-likeness (QED) is 0.785. The number of hydrogen-bond acceptors (Lipinski definition) is 3. The normalized spacial score (nSPS) is 10.5. The van der Waals surface area contributed by atoms with E-state index < -0.39 is 0 Å². The van der Waals surface area contributed by atoms with E-state index in [0.717, 1.165) is 35.7 Å². The van der Waals surface area contributed by atoms with Gasteiger partial charge in [-0.2, -0.15) is 0 Å². The maximum atomic E-state index is 5.89. The number of anilines is 1. The Morgan fingerprint density at radius 1 is 1.26 bits per heavy atom. The first-order valence-corrected chi connectivity index (χ1v) is 6.87. The van der Waals surface area contributed by atoms with Crippen LogP contribution < -0.4 is 4.90 Å². The van der Waals surface area contributed by atoms with Crippen molar-refractivity contribution in [2.24, 2.45) is 0 Å². The summed E-state index contributed by atoms with van der Waals surface area (Å²) in [6, 6.07) is 10.0. The molecule has 2 rings (SSSR count). The molecular weight excluding hydrogens is 258 g/mol. The molecule has 0 aliphatic rings. The van der Waals surface area contributed by atoms with Crippen LogP contribution in [0.1, 0.15) is 17.0 Å². The van der Waals surface area contributed by atoms with E-state index in [1.165, 1.54) is 0 Å². The largest absolute Gasteiger partial charge is 0.359 e. The zero-order valence-electron chi connectivity index (χ0n) is 11.3. The Kier molecular flexibility index (Phi) is 4.74. The minimum absolute atomic E-state index is 0.518. The molecule has 3 nitrogen and oxygen atoms in total. The van der Waals surface area contributed by atoms with Gasteiger partial charge in [0.25, 0.3) is 0 Å². The van der Waals surface area contributed by atoms with E-state index in [-0.39, 0.29) is 0 Å². The molecule has 2 aromatic heterocycles. The van der Waals surface area contributed by atoms with E-state index >= 15 is 0 Å². The van der Waals surface area contributed by atoms with Crippen LogP contribution in [-0.2, 0) is 12.3 Å². The number of nitrogens with zero attached hydrogens (tertiary/aromatic N) is 3. The van der Waals surface area contributed by atoms with Crippen molar-refractivity contribution in [3.63, 3.8) is 0 Å². The van der Waals surface area contributed by atoms with Gasteiger partial charge in [-0.3, -0.25) is 4.98 Å². The van der Waals surface area contributed by atoms with E-state index in [0.29, 0.717) is 5.88 Å². The molecule has 2 aromatic rings. The smallest absolute Gasteiger partial charge is 0.128 e. The third-order valence-corrected chi connectivity index (χ3v) is 3.28. The summed E-state index contributed by atoms with van der Waals surface area (Å²) in [5.74, 6) is 1.48. The first-order valence-electron chi connectivity index (χ1n) is 6.33. The second-order valence-corrected chi connectivity index (χ2v) is 4.87. The summed E-state index contributed by atoms with van der Waals surface area (Å²) in [5.41, 5.74) is 3.20. The van der Waals surface area contributed by atoms with Gasteiger partial charge in [-0.1, -0.05) is 6.07 Å². The molecule has 0 aromatic carbocycles. The fourth-order valence-corrected chi connectivity index (χ4v) is 2.09. The Labute approximate surface area is 119 Å². The first kappa shape index (κ1) is 13.8. The van der Waals surface area contributed by atoms with Crippen molar-refractivity contribution in [1.82, 2.24) is 9.97 Å². The second kappa shape index (κ2) is 6.53. The average Bonchev–Trinajstić information content (AvgIpc) is 2.45. The molecule has 0 atom stereocenters. The van der Waals surface area contributed by atoms with Gasteiger partial charge in [0.05, 0.1) is 0 Å². The van der Waals surface area contributed by atoms with Crippen LogP contribution in [0.2, 0.25) is 0 Å². The van der Waals surface area contributed by atoms with E-state index in [1.807, 2.05) is 50.5 Å². The van der Waals surface area contributed by atoms with Crippen LogP contribution in [-0.4, -0.2) is 23.6 Å². The predicted octanol–water partition coefficient (Wildman–Crippen LogP) is 3.20. The molecule has 0 aliphatic heterocycles. The second-order valence-electron chi connectivity index (χ2n) is 4.60. The Hall–Kier alpha value is -1.61. The Morgan fingerprint density at radius 2 is 2.11 bits per heavy atom. The molecule has 19 heavy (non-hydrogen) atoms. The van der Waals surface area contributed by atoms with Crippen LogP contribution >= 0.6 is 11.6 Å². The van der Waals surface area contributed by atoms with Gasteiger partial charge < -0.3 is 4.90 Å². The van der Waals surface area contributed by atoms with Gasteiger partial charge in [-0.05, 0) is 36.8 Å². The van der Waals surface area contributed by atoms with Crippen molar-refractivity contribution < 1.29 is 0 Å². The number of halogens is 1. The van der Waals surface area contributed by atoms with E-state index in [2.05, 4.69) is 14.9 Å². The highest BCUT2D eigenvalue weighted by Gasteiger charge is 2.05. The fourth-order valence-electron chi connectivity index (χ4n) is 1.94. The monoisotopic (exact) mass is 275 g/mol. The molecular formula is C15H18ClN3. The number of hydrogen-bond donors (Lipinski definition) is 0. The Bertz CT molecular complexity index is 528. The fraction of sp³-hybridized carbons (Fsp3) is 0.333. The maximum Gasteiger partial charge on any atom is 0.128 e. The third-order valence-electron chi connectivity index (χ3n) is 2.97. The number of rotatable bonds is 5. The van der Waals surface area contributed by atoms with Crippen LogP contribution in [0.15, 0.2) is 36.5 Å². The lowest BCUT2D eigenvalue weighted by atomic mass is 10.2. The van der Waals surface area contributed by atoms with Gasteiger partial charge in [-0.15, -0.1) is 11.6 Å². The standard InChI is InChI=1S/C15H18ClN3/c1-12-9-13(11-16)10-15(18-12)19(2)8-6-14-5-3-4-7-17-14/h3-5,7,9-10H,6,8,11H2,1-2H3. The van der Waals surface area contributed by atoms with Gasteiger partial charge in [0, 0.05) is 43.5 Å². The van der Waals surface area contributed by atoms with Crippen molar-refractivity contribution in [2.75, 3.05) is 18.5 Å². The minimum Gasteiger partial charge on any atom is -0.359 e. The number of aromatic nitrogens is 2. The van der Waals surface area contributed by atoms with Gasteiger partial charge in [0.15, 0.2) is 0 Å². The molecule has 0 saturated heterocycles. The molecule has 0 unspecified atom stereocenters. The molecule has 4 heteroatoms. The molecule has 0 bridgehead atoms. The Morgan fingerprint density at radius 3 is 2.79 bits per heavy atom. The third kappa shape index (κ3) is 3.93. The highest BCUT2D eigenvalue weighted by Crippen LogP contribution is 2.15. The van der Waals surface area contributed by atoms with Crippen LogP contribution in [0.3, 0.4) is 0 Å². The predicted molar refractivity (Wildman–Crippen MR) is 79.7 cm³/mol. The molecule has 0 amide bonds. The van der Waals surface area contributed by atoms with Gasteiger partial charge in [-0.25, -0.2) is 4.98 Å². The van der Waals surface area contributed by atoms with Gasteiger partial charge in [0.1, 0.15) is 5.82 Å². The van der Waals surface area contributed by atoms with Crippen LogP contribution in [0.4, 0.5) is 5.82 Å². The SMILES string of the molecule is Cc1cc(CCl)cc(N(C)CCc2ccccn2)n1. The van der Waals surface area contributed by atoms with E-state index in [1.54, 1.807) is 0 Å². The lowest BCUT2D eigenvalue weighted by molar-refractivity contribution is 0.835. The van der Waals surface area contributed by atoms with E-state index in [9.17, 15) is 0 Å². The highest BCUT2D eigenvalue weighted by atomic mass is 35.5. The molecule has 0 aliphatic carbocycles. The lowest BCUT2D eigenvalue weighted by Crippen LogP contribution is -2.22. The van der Waals surface area contributed by atoms with Gasteiger partial charge in [0.2, 0.25) is 0 Å². The highest BCUT2D eigenvalue weighted by molar-refractivity contribution is 6.17. The summed E-state index contributed by atoms with van der Waals surface area (Å²) < 4.78 is 0. The number of likely N-dealkylation sites (N-methyl/N-ethyl adjacent to an activating group) is 1. The minimum atomic E-state index is 0.518. The summed E-state index contributed by atoms with van der Waals surface area (Å²) in [4.78, 5) is 11.0. The van der Waals surface area contributed by atoms with Crippen molar-refractivity contribution in [2.45, 2.75) is 19.2 Å². The summed E-state index contributed by atoms with van der Waals surface area (Å²) in [6.45, 7) is 2.88. The lowest BCUT2D eigenvalue weighted by Gasteiger charge is -2.19. The van der Waals surface area contributed by atoms with Crippen molar-refractivity contribution >= 4 is 17.4 Å². The zero-order valence-corrected chi connectivity index (χ0v) is 12.1. The molecule has 0 radical (unpaired) electrons. The molecule has 2 heterocycles. The number of pyridine rings is 2. The maximum absolute atomic E-state index is 5.89.